The predicted molar refractivity (Wildman–Crippen MR) is 118 cm³/mol. The standard InChI is InChI=1S/C21H17BrCl2N2O2/c22-17-11-14(12-25-16-8-6-15(23)7-9-16)5-10-20(17)28-13-21(27)26-19-4-2-1-3-18(19)24/h1-11,25H,12-13H2,(H,26,27). The molecule has 3 rings (SSSR count). The number of rotatable bonds is 7. The van der Waals surface area contributed by atoms with Crippen LogP contribution in [-0.4, -0.2) is 12.5 Å². The van der Waals surface area contributed by atoms with Crippen molar-refractivity contribution in [2.45, 2.75) is 6.54 Å². The van der Waals surface area contributed by atoms with E-state index in [4.69, 9.17) is 27.9 Å². The molecule has 1 amide bonds. The van der Waals surface area contributed by atoms with Gasteiger partial charge in [-0.1, -0.05) is 41.4 Å². The quantitative estimate of drug-likeness (QED) is 0.413. The van der Waals surface area contributed by atoms with Gasteiger partial charge < -0.3 is 15.4 Å². The Morgan fingerprint density at radius 2 is 1.75 bits per heavy atom. The normalized spacial score (nSPS) is 10.4. The van der Waals surface area contributed by atoms with Gasteiger partial charge in [0.25, 0.3) is 5.91 Å². The summed E-state index contributed by atoms with van der Waals surface area (Å²) in [5.74, 6) is 0.304. The molecule has 0 saturated carbocycles. The van der Waals surface area contributed by atoms with E-state index in [0.29, 0.717) is 28.0 Å². The van der Waals surface area contributed by atoms with E-state index in [1.807, 2.05) is 42.5 Å². The van der Waals surface area contributed by atoms with E-state index in [2.05, 4.69) is 26.6 Å². The van der Waals surface area contributed by atoms with Crippen molar-refractivity contribution in [3.05, 3.63) is 86.8 Å². The van der Waals surface area contributed by atoms with Crippen LogP contribution in [0.1, 0.15) is 5.56 Å². The van der Waals surface area contributed by atoms with Gasteiger partial charge in [0.1, 0.15) is 5.75 Å². The van der Waals surface area contributed by atoms with Crippen LogP contribution in [0, 0.1) is 0 Å². The smallest absolute Gasteiger partial charge is 0.262 e. The zero-order valence-electron chi connectivity index (χ0n) is 14.7. The molecule has 0 saturated heterocycles. The van der Waals surface area contributed by atoms with Crippen molar-refractivity contribution in [1.82, 2.24) is 0 Å². The van der Waals surface area contributed by atoms with E-state index in [1.165, 1.54) is 0 Å². The fourth-order valence-corrected chi connectivity index (χ4v) is 3.29. The van der Waals surface area contributed by atoms with Gasteiger partial charge in [0.2, 0.25) is 0 Å². The minimum Gasteiger partial charge on any atom is -0.483 e. The van der Waals surface area contributed by atoms with Crippen LogP contribution < -0.4 is 15.4 Å². The SMILES string of the molecule is O=C(COc1ccc(CNc2ccc(Cl)cc2)cc1Br)Nc1ccccc1Cl. The average Bonchev–Trinajstić information content (AvgIpc) is 2.68. The van der Waals surface area contributed by atoms with Gasteiger partial charge in [0.15, 0.2) is 6.61 Å². The van der Waals surface area contributed by atoms with Gasteiger partial charge in [0, 0.05) is 17.3 Å². The van der Waals surface area contributed by atoms with Crippen molar-refractivity contribution in [1.29, 1.82) is 0 Å². The van der Waals surface area contributed by atoms with E-state index in [-0.39, 0.29) is 12.5 Å². The van der Waals surface area contributed by atoms with Crippen LogP contribution >= 0.6 is 39.1 Å². The molecule has 0 spiro atoms. The number of nitrogens with one attached hydrogen (secondary N) is 2. The van der Waals surface area contributed by atoms with Gasteiger partial charge in [0.05, 0.1) is 15.2 Å². The van der Waals surface area contributed by atoms with E-state index >= 15 is 0 Å². The first kappa shape index (κ1) is 20.5. The van der Waals surface area contributed by atoms with Crippen molar-refractivity contribution in [3.8, 4) is 5.75 Å². The Kier molecular flexibility index (Phi) is 7.20. The van der Waals surface area contributed by atoms with Gasteiger partial charge in [-0.15, -0.1) is 0 Å². The van der Waals surface area contributed by atoms with E-state index in [9.17, 15) is 4.79 Å². The molecule has 0 aliphatic rings. The lowest BCUT2D eigenvalue weighted by Gasteiger charge is -2.12. The van der Waals surface area contributed by atoms with Crippen LogP contribution in [0.25, 0.3) is 0 Å². The van der Waals surface area contributed by atoms with E-state index in [1.54, 1.807) is 24.3 Å². The molecule has 0 heterocycles. The van der Waals surface area contributed by atoms with Crippen molar-refractivity contribution in [3.63, 3.8) is 0 Å². The van der Waals surface area contributed by atoms with Gasteiger partial charge >= 0.3 is 0 Å². The summed E-state index contributed by atoms with van der Waals surface area (Å²) in [7, 11) is 0. The molecule has 7 heteroatoms. The lowest BCUT2D eigenvalue weighted by atomic mass is 10.2. The minimum atomic E-state index is -0.284. The second kappa shape index (κ2) is 9.82. The number of benzene rings is 3. The number of hydrogen-bond acceptors (Lipinski definition) is 3. The Morgan fingerprint density at radius 3 is 2.46 bits per heavy atom. The first-order chi connectivity index (χ1) is 13.5. The van der Waals surface area contributed by atoms with Crippen LogP contribution in [0.3, 0.4) is 0 Å². The zero-order valence-corrected chi connectivity index (χ0v) is 17.8. The summed E-state index contributed by atoms with van der Waals surface area (Å²) < 4.78 is 6.38. The second-order valence-electron chi connectivity index (χ2n) is 5.94. The summed E-state index contributed by atoms with van der Waals surface area (Å²) in [6, 6.07) is 20.3. The fourth-order valence-electron chi connectivity index (χ4n) is 2.44. The number of carbonyl (C=O) groups is 1. The Bertz CT molecular complexity index is 965. The molecule has 0 unspecified atom stereocenters. The van der Waals surface area contributed by atoms with Gasteiger partial charge in [-0.3, -0.25) is 4.79 Å². The maximum atomic E-state index is 12.1. The molecular weight excluding hydrogens is 463 g/mol. The Labute approximate surface area is 181 Å². The lowest BCUT2D eigenvalue weighted by molar-refractivity contribution is -0.118. The van der Waals surface area contributed by atoms with Crippen LogP contribution in [0.15, 0.2) is 71.2 Å². The van der Waals surface area contributed by atoms with Crippen molar-refractivity contribution < 1.29 is 9.53 Å². The maximum absolute atomic E-state index is 12.1. The molecule has 0 radical (unpaired) electrons. The first-order valence-corrected chi connectivity index (χ1v) is 10.0. The predicted octanol–water partition coefficient (Wildman–Crippen LogP) is 6.39. The molecular formula is C21H17BrCl2N2O2. The van der Waals surface area contributed by atoms with Crippen LogP contribution in [-0.2, 0) is 11.3 Å². The topological polar surface area (TPSA) is 50.4 Å². The molecule has 0 aliphatic carbocycles. The molecule has 4 nitrogen and oxygen atoms in total. The van der Waals surface area contributed by atoms with Gasteiger partial charge in [-0.2, -0.15) is 0 Å². The Balaban J connectivity index is 1.53. The Morgan fingerprint density at radius 1 is 1.00 bits per heavy atom. The minimum absolute atomic E-state index is 0.119. The molecule has 0 bridgehead atoms. The average molecular weight is 480 g/mol. The molecule has 0 aliphatic heterocycles. The zero-order chi connectivity index (χ0) is 19.9. The maximum Gasteiger partial charge on any atom is 0.262 e. The summed E-state index contributed by atoms with van der Waals surface area (Å²) in [5.41, 5.74) is 2.60. The van der Waals surface area contributed by atoms with Crippen LogP contribution in [0.2, 0.25) is 10.0 Å². The summed E-state index contributed by atoms with van der Waals surface area (Å²) in [5, 5.41) is 7.23. The summed E-state index contributed by atoms with van der Waals surface area (Å²) in [4.78, 5) is 12.1. The second-order valence-corrected chi connectivity index (χ2v) is 7.64. The number of amides is 1. The number of hydrogen-bond donors (Lipinski definition) is 2. The third-order valence-corrected chi connectivity index (χ3v) is 5.05. The number of anilines is 2. The van der Waals surface area contributed by atoms with Gasteiger partial charge in [-0.05, 0) is 70.0 Å². The lowest BCUT2D eigenvalue weighted by Crippen LogP contribution is -2.20. The molecule has 144 valence electrons. The highest BCUT2D eigenvalue weighted by molar-refractivity contribution is 9.10. The van der Waals surface area contributed by atoms with Crippen molar-refractivity contribution in [2.24, 2.45) is 0 Å². The summed E-state index contributed by atoms with van der Waals surface area (Å²) in [6.45, 7) is 0.527. The van der Waals surface area contributed by atoms with E-state index < -0.39 is 0 Å². The largest absolute Gasteiger partial charge is 0.483 e. The first-order valence-electron chi connectivity index (χ1n) is 8.46. The van der Waals surface area contributed by atoms with Crippen molar-refractivity contribution >= 4 is 56.4 Å². The van der Waals surface area contributed by atoms with Crippen LogP contribution in [0.4, 0.5) is 11.4 Å². The summed E-state index contributed by atoms with van der Waals surface area (Å²) >= 11 is 15.4. The fraction of sp³-hybridized carbons (Fsp3) is 0.0952. The third-order valence-electron chi connectivity index (χ3n) is 3.84. The van der Waals surface area contributed by atoms with Crippen LogP contribution in [0.5, 0.6) is 5.75 Å². The molecule has 28 heavy (non-hydrogen) atoms. The molecule has 0 aromatic heterocycles. The number of carbonyl (C=O) groups excluding carboxylic acids is 1. The highest BCUT2D eigenvalue weighted by Gasteiger charge is 2.09. The highest BCUT2D eigenvalue weighted by atomic mass is 79.9. The number of para-hydroxylation sites is 1. The third kappa shape index (κ3) is 5.89. The number of ether oxygens (including phenoxy) is 1. The Hall–Kier alpha value is -2.21. The molecule has 3 aromatic rings. The molecule has 2 N–H and O–H groups in total. The van der Waals surface area contributed by atoms with Crippen molar-refractivity contribution in [2.75, 3.05) is 17.2 Å². The monoisotopic (exact) mass is 478 g/mol. The summed E-state index contributed by atoms with van der Waals surface area (Å²) in [6.07, 6.45) is 0. The highest BCUT2D eigenvalue weighted by Crippen LogP contribution is 2.27. The molecule has 3 aromatic carbocycles. The number of halogens is 3. The molecule has 0 atom stereocenters. The molecule has 0 fully saturated rings. The van der Waals surface area contributed by atoms with E-state index in [0.717, 1.165) is 15.7 Å². The van der Waals surface area contributed by atoms with Gasteiger partial charge in [-0.25, -0.2) is 0 Å².